The lowest BCUT2D eigenvalue weighted by molar-refractivity contribution is 0.187. The Hall–Kier alpha value is -2.41. The first-order chi connectivity index (χ1) is 9.50. The van der Waals surface area contributed by atoms with Crippen LogP contribution >= 0.6 is 0 Å². The van der Waals surface area contributed by atoms with Crippen molar-refractivity contribution >= 4 is 11.7 Å². The van der Waals surface area contributed by atoms with Gasteiger partial charge in [0.15, 0.2) is 0 Å². The van der Waals surface area contributed by atoms with Crippen molar-refractivity contribution in [2.45, 2.75) is 19.4 Å². The second-order valence-corrected chi connectivity index (χ2v) is 5.02. The minimum Gasteiger partial charge on any atom is -0.394 e. The Kier molecular flexibility index (Phi) is 3.99. The number of amides is 2. The van der Waals surface area contributed by atoms with Crippen LogP contribution in [-0.4, -0.2) is 38.3 Å². The molecular formula is C13H17N5O2. The molecule has 1 aromatic heterocycles. The third kappa shape index (κ3) is 3.55. The predicted molar refractivity (Wildman–Crippen MR) is 74.7 cm³/mol. The second-order valence-electron chi connectivity index (χ2n) is 5.02. The summed E-state index contributed by atoms with van der Waals surface area (Å²) in [5.41, 5.74) is 0.842. The van der Waals surface area contributed by atoms with Crippen molar-refractivity contribution in [3.63, 3.8) is 0 Å². The summed E-state index contributed by atoms with van der Waals surface area (Å²) in [4.78, 5) is 11.7. The lowest BCUT2D eigenvalue weighted by Crippen LogP contribution is -2.48. The highest BCUT2D eigenvalue weighted by atomic mass is 16.3. The maximum absolute atomic E-state index is 11.7. The van der Waals surface area contributed by atoms with Gasteiger partial charge in [-0.05, 0) is 38.1 Å². The van der Waals surface area contributed by atoms with Gasteiger partial charge in [-0.3, -0.25) is 0 Å². The molecule has 2 rings (SSSR count). The molecule has 0 saturated heterocycles. The fourth-order valence-corrected chi connectivity index (χ4v) is 1.55. The van der Waals surface area contributed by atoms with E-state index in [1.54, 1.807) is 43.1 Å². The van der Waals surface area contributed by atoms with Gasteiger partial charge in [0, 0.05) is 5.69 Å². The number of benzene rings is 1. The zero-order chi connectivity index (χ0) is 14.6. The van der Waals surface area contributed by atoms with Gasteiger partial charge in [0.05, 0.1) is 30.2 Å². The Morgan fingerprint density at radius 2 is 2.05 bits per heavy atom. The van der Waals surface area contributed by atoms with E-state index in [4.69, 9.17) is 5.11 Å². The first kappa shape index (κ1) is 14.0. The molecular weight excluding hydrogens is 258 g/mol. The van der Waals surface area contributed by atoms with Crippen LogP contribution in [0.25, 0.3) is 5.69 Å². The SMILES string of the molecule is CC(C)(CO)NC(=O)Nc1ccc(-n2ccnn2)cc1. The summed E-state index contributed by atoms with van der Waals surface area (Å²) in [6, 6.07) is 6.81. The number of hydrogen-bond donors (Lipinski definition) is 3. The largest absolute Gasteiger partial charge is 0.394 e. The lowest BCUT2D eigenvalue weighted by atomic mass is 10.1. The van der Waals surface area contributed by atoms with Gasteiger partial charge in [0.25, 0.3) is 0 Å². The van der Waals surface area contributed by atoms with Gasteiger partial charge in [0.2, 0.25) is 0 Å². The Morgan fingerprint density at radius 3 is 2.60 bits per heavy atom. The van der Waals surface area contributed by atoms with Gasteiger partial charge in [-0.1, -0.05) is 5.21 Å². The zero-order valence-corrected chi connectivity index (χ0v) is 11.4. The van der Waals surface area contributed by atoms with Gasteiger partial charge in [0.1, 0.15) is 0 Å². The average Bonchev–Trinajstić information content (AvgIpc) is 2.93. The molecule has 0 fully saturated rings. The number of nitrogens with zero attached hydrogens (tertiary/aromatic N) is 3. The van der Waals surface area contributed by atoms with Crippen molar-refractivity contribution in [1.82, 2.24) is 20.3 Å². The van der Waals surface area contributed by atoms with Gasteiger partial charge < -0.3 is 15.7 Å². The Labute approximate surface area is 116 Å². The molecule has 0 saturated carbocycles. The van der Waals surface area contributed by atoms with Gasteiger partial charge >= 0.3 is 6.03 Å². The van der Waals surface area contributed by atoms with E-state index >= 15 is 0 Å². The number of carbonyl (C=O) groups excluding carboxylic acids is 1. The molecule has 2 amide bonds. The third-order valence-corrected chi connectivity index (χ3v) is 2.66. The molecule has 0 bridgehead atoms. The number of anilines is 1. The topological polar surface area (TPSA) is 92.1 Å². The number of aliphatic hydroxyl groups is 1. The van der Waals surface area contributed by atoms with Gasteiger partial charge in [-0.25, -0.2) is 9.48 Å². The summed E-state index contributed by atoms with van der Waals surface area (Å²) >= 11 is 0. The summed E-state index contributed by atoms with van der Waals surface area (Å²) in [6.07, 6.45) is 3.33. The normalized spacial score (nSPS) is 11.2. The highest BCUT2D eigenvalue weighted by Gasteiger charge is 2.18. The van der Waals surface area contributed by atoms with Gasteiger partial charge in [-0.2, -0.15) is 0 Å². The number of urea groups is 1. The summed E-state index contributed by atoms with van der Waals surface area (Å²) < 4.78 is 1.62. The molecule has 1 aromatic carbocycles. The van der Waals surface area contributed by atoms with Crippen LogP contribution < -0.4 is 10.6 Å². The van der Waals surface area contributed by atoms with Crippen molar-refractivity contribution < 1.29 is 9.90 Å². The molecule has 106 valence electrons. The smallest absolute Gasteiger partial charge is 0.319 e. The van der Waals surface area contributed by atoms with E-state index in [2.05, 4.69) is 20.9 Å². The number of aliphatic hydroxyl groups excluding tert-OH is 1. The predicted octanol–water partition coefficient (Wildman–Crippen LogP) is 1.16. The molecule has 0 atom stereocenters. The second kappa shape index (κ2) is 5.70. The third-order valence-electron chi connectivity index (χ3n) is 2.66. The number of nitrogens with one attached hydrogen (secondary N) is 2. The standard InChI is InChI=1S/C13H17N5O2/c1-13(2,9-19)16-12(20)15-10-3-5-11(6-4-10)18-8-7-14-17-18/h3-8,19H,9H2,1-2H3,(H2,15,16,20). The summed E-state index contributed by atoms with van der Waals surface area (Å²) in [6.45, 7) is 3.34. The fraction of sp³-hybridized carbons (Fsp3) is 0.308. The van der Waals surface area contributed by atoms with Gasteiger partial charge in [-0.15, -0.1) is 5.10 Å². The van der Waals surface area contributed by atoms with Crippen LogP contribution in [0.1, 0.15) is 13.8 Å². The van der Waals surface area contributed by atoms with Crippen molar-refractivity contribution in [3.05, 3.63) is 36.7 Å². The molecule has 2 aromatic rings. The lowest BCUT2D eigenvalue weighted by Gasteiger charge is -2.23. The molecule has 0 aliphatic carbocycles. The quantitative estimate of drug-likeness (QED) is 0.780. The monoisotopic (exact) mass is 275 g/mol. The maximum atomic E-state index is 11.7. The molecule has 0 unspecified atom stereocenters. The average molecular weight is 275 g/mol. The van der Waals surface area contributed by atoms with E-state index in [-0.39, 0.29) is 12.6 Å². The summed E-state index contributed by atoms with van der Waals surface area (Å²) in [5.74, 6) is 0. The summed E-state index contributed by atoms with van der Waals surface area (Å²) in [7, 11) is 0. The number of hydrogen-bond acceptors (Lipinski definition) is 4. The molecule has 7 heteroatoms. The van der Waals surface area contributed by atoms with E-state index in [0.29, 0.717) is 5.69 Å². The Bertz CT molecular complexity index is 563. The van der Waals surface area contributed by atoms with E-state index in [1.807, 2.05) is 12.1 Å². The molecule has 1 heterocycles. The van der Waals surface area contributed by atoms with Crippen molar-refractivity contribution in [2.24, 2.45) is 0 Å². The molecule has 0 spiro atoms. The number of rotatable bonds is 4. The molecule has 0 aliphatic rings. The van der Waals surface area contributed by atoms with Crippen LogP contribution in [0, 0.1) is 0 Å². The first-order valence-electron chi connectivity index (χ1n) is 6.17. The highest BCUT2D eigenvalue weighted by Crippen LogP contribution is 2.12. The van der Waals surface area contributed by atoms with E-state index in [9.17, 15) is 4.79 Å². The molecule has 0 radical (unpaired) electrons. The Balaban J connectivity index is 1.99. The number of aromatic nitrogens is 3. The zero-order valence-electron chi connectivity index (χ0n) is 11.4. The van der Waals surface area contributed by atoms with Crippen LogP contribution in [0.3, 0.4) is 0 Å². The van der Waals surface area contributed by atoms with Crippen molar-refractivity contribution in [1.29, 1.82) is 0 Å². The fourth-order valence-electron chi connectivity index (χ4n) is 1.55. The first-order valence-corrected chi connectivity index (χ1v) is 6.17. The van der Waals surface area contributed by atoms with Crippen LogP contribution in [0.4, 0.5) is 10.5 Å². The maximum Gasteiger partial charge on any atom is 0.319 e. The van der Waals surface area contributed by atoms with E-state index in [1.165, 1.54) is 0 Å². The molecule has 0 aliphatic heterocycles. The minimum absolute atomic E-state index is 0.133. The molecule has 3 N–H and O–H groups in total. The molecule has 20 heavy (non-hydrogen) atoms. The van der Waals surface area contributed by atoms with Crippen LogP contribution in [0.5, 0.6) is 0 Å². The highest BCUT2D eigenvalue weighted by molar-refractivity contribution is 5.89. The van der Waals surface area contributed by atoms with E-state index in [0.717, 1.165) is 5.69 Å². The van der Waals surface area contributed by atoms with E-state index < -0.39 is 5.54 Å². The van der Waals surface area contributed by atoms with Crippen LogP contribution in [-0.2, 0) is 0 Å². The van der Waals surface area contributed by atoms with Crippen LogP contribution in [0.15, 0.2) is 36.7 Å². The number of carbonyl (C=O) groups is 1. The summed E-state index contributed by atoms with van der Waals surface area (Å²) in [5, 5.41) is 22.1. The minimum atomic E-state index is -0.662. The Morgan fingerprint density at radius 1 is 1.35 bits per heavy atom. The van der Waals surface area contributed by atoms with Crippen molar-refractivity contribution in [3.8, 4) is 5.69 Å². The molecule has 7 nitrogen and oxygen atoms in total. The van der Waals surface area contributed by atoms with Crippen LogP contribution in [0.2, 0.25) is 0 Å². The van der Waals surface area contributed by atoms with Crippen molar-refractivity contribution in [2.75, 3.05) is 11.9 Å².